The normalized spacial score (nSPS) is 20.2. The van der Waals surface area contributed by atoms with Crippen LogP contribution in [-0.2, 0) is 14.4 Å². The van der Waals surface area contributed by atoms with E-state index in [1.807, 2.05) is 13.8 Å². The predicted octanol–water partition coefficient (Wildman–Crippen LogP) is -0.380. The van der Waals surface area contributed by atoms with Crippen molar-refractivity contribution in [1.82, 2.24) is 21.1 Å². The van der Waals surface area contributed by atoms with Crippen LogP contribution in [0.25, 0.3) is 0 Å². The van der Waals surface area contributed by atoms with Crippen molar-refractivity contribution in [3.05, 3.63) is 12.3 Å². The summed E-state index contributed by atoms with van der Waals surface area (Å²) in [6.45, 7) is 11.4. The Morgan fingerprint density at radius 1 is 1.25 bits per heavy atom. The highest BCUT2D eigenvalue weighted by atomic mass is 16.2. The van der Waals surface area contributed by atoms with Gasteiger partial charge < -0.3 is 16.4 Å². The number of amides is 3. The van der Waals surface area contributed by atoms with E-state index in [1.165, 1.54) is 5.01 Å². The van der Waals surface area contributed by atoms with Crippen molar-refractivity contribution >= 4 is 17.7 Å². The number of hydrogen-bond donors (Lipinski definition) is 4. The molecule has 1 aliphatic heterocycles. The molecule has 0 aromatic carbocycles. The molecule has 0 aliphatic carbocycles. The molecule has 3 atom stereocenters. The molecule has 3 unspecified atom stereocenters. The van der Waals surface area contributed by atoms with Crippen LogP contribution in [0.5, 0.6) is 0 Å². The molecule has 1 saturated heterocycles. The van der Waals surface area contributed by atoms with E-state index in [0.29, 0.717) is 25.1 Å². The highest BCUT2D eigenvalue weighted by Gasteiger charge is 2.31. The maximum atomic E-state index is 12.5. The van der Waals surface area contributed by atoms with Crippen molar-refractivity contribution in [3.8, 4) is 0 Å². The van der Waals surface area contributed by atoms with Crippen LogP contribution in [0.1, 0.15) is 40.5 Å². The van der Waals surface area contributed by atoms with Gasteiger partial charge in [-0.1, -0.05) is 20.4 Å². The molecule has 24 heavy (non-hydrogen) atoms. The molecule has 1 rings (SSSR count). The maximum absolute atomic E-state index is 12.5. The molecule has 1 aliphatic rings. The van der Waals surface area contributed by atoms with Gasteiger partial charge in [0.2, 0.25) is 11.8 Å². The van der Waals surface area contributed by atoms with Crippen LogP contribution in [0.15, 0.2) is 12.3 Å². The van der Waals surface area contributed by atoms with Crippen LogP contribution in [0.3, 0.4) is 0 Å². The summed E-state index contributed by atoms with van der Waals surface area (Å²) in [6, 6.07) is -1.74. The van der Waals surface area contributed by atoms with Crippen molar-refractivity contribution in [2.45, 2.75) is 58.7 Å². The van der Waals surface area contributed by atoms with Crippen LogP contribution >= 0.6 is 0 Å². The molecule has 3 amide bonds. The molecule has 1 heterocycles. The first kappa shape index (κ1) is 20.0. The second-order valence-electron chi connectivity index (χ2n) is 6.59. The van der Waals surface area contributed by atoms with E-state index in [4.69, 9.17) is 5.73 Å². The van der Waals surface area contributed by atoms with Crippen LogP contribution in [0.4, 0.5) is 0 Å². The quantitative estimate of drug-likeness (QED) is 0.504. The molecular formula is C16H29N5O3. The number of allylic oxidation sites excluding steroid dienone is 1. The molecule has 136 valence electrons. The van der Waals surface area contributed by atoms with Crippen LogP contribution in [-0.4, -0.2) is 47.4 Å². The summed E-state index contributed by atoms with van der Waals surface area (Å²) in [7, 11) is 0. The van der Waals surface area contributed by atoms with Gasteiger partial charge >= 0.3 is 0 Å². The van der Waals surface area contributed by atoms with E-state index in [2.05, 4.69) is 22.6 Å². The lowest BCUT2D eigenvalue weighted by molar-refractivity contribution is -0.142. The van der Waals surface area contributed by atoms with Gasteiger partial charge in [-0.25, -0.2) is 5.43 Å². The van der Waals surface area contributed by atoms with Crippen molar-refractivity contribution in [1.29, 1.82) is 0 Å². The van der Waals surface area contributed by atoms with Gasteiger partial charge in [0.1, 0.15) is 18.1 Å². The van der Waals surface area contributed by atoms with Gasteiger partial charge in [0, 0.05) is 12.2 Å². The summed E-state index contributed by atoms with van der Waals surface area (Å²) in [5, 5.41) is 7.10. The summed E-state index contributed by atoms with van der Waals surface area (Å²) in [5.41, 5.74) is 8.78. The average molecular weight is 339 g/mol. The largest absolute Gasteiger partial charge is 0.378 e. The Balaban J connectivity index is 2.66. The number of hydrazine groups is 1. The fourth-order valence-corrected chi connectivity index (χ4v) is 2.55. The van der Waals surface area contributed by atoms with Crippen molar-refractivity contribution in [2.75, 3.05) is 6.54 Å². The maximum Gasteiger partial charge on any atom is 0.258 e. The fourth-order valence-electron chi connectivity index (χ4n) is 2.55. The Bertz CT molecular complexity index is 506. The van der Waals surface area contributed by atoms with Crippen molar-refractivity contribution in [3.63, 3.8) is 0 Å². The molecule has 0 radical (unpaired) electrons. The summed E-state index contributed by atoms with van der Waals surface area (Å²) in [4.78, 5) is 36.2. The first-order valence-corrected chi connectivity index (χ1v) is 8.22. The standard InChI is InChI=1S/C16H29N5O3/c1-9(2)13(18-10(3)4)15(23)19-11(5)16(24)21-8-6-7-12(20-21)14(17)22/h9,11-13,18,20H,3,6-8H2,1-2,4-5H3,(H2,17,22)(H,19,23). The minimum atomic E-state index is -0.718. The lowest BCUT2D eigenvalue weighted by Crippen LogP contribution is -2.61. The summed E-state index contributed by atoms with van der Waals surface area (Å²) in [5.74, 6) is -1.02. The number of rotatable bonds is 7. The number of carbonyl (C=O) groups excluding carboxylic acids is 3. The van der Waals surface area contributed by atoms with Crippen LogP contribution in [0.2, 0.25) is 0 Å². The van der Waals surface area contributed by atoms with Gasteiger partial charge in [-0.05, 0) is 32.6 Å². The van der Waals surface area contributed by atoms with E-state index in [9.17, 15) is 14.4 Å². The van der Waals surface area contributed by atoms with Crippen molar-refractivity contribution < 1.29 is 14.4 Å². The lowest BCUT2D eigenvalue weighted by atomic mass is 10.0. The number of nitrogens with zero attached hydrogens (tertiary/aromatic N) is 1. The minimum Gasteiger partial charge on any atom is -0.378 e. The van der Waals surface area contributed by atoms with E-state index < -0.39 is 24.0 Å². The van der Waals surface area contributed by atoms with E-state index in [1.54, 1.807) is 13.8 Å². The molecule has 5 N–H and O–H groups in total. The zero-order chi connectivity index (χ0) is 18.4. The Hall–Kier alpha value is -2.09. The molecule has 8 heteroatoms. The highest BCUT2D eigenvalue weighted by Crippen LogP contribution is 2.09. The van der Waals surface area contributed by atoms with Crippen molar-refractivity contribution in [2.24, 2.45) is 11.7 Å². The Morgan fingerprint density at radius 2 is 1.88 bits per heavy atom. The molecule has 0 spiro atoms. The van der Waals surface area contributed by atoms with Gasteiger partial charge in [0.15, 0.2) is 0 Å². The van der Waals surface area contributed by atoms with E-state index in [-0.39, 0.29) is 17.7 Å². The molecule has 0 saturated carbocycles. The summed E-state index contributed by atoms with van der Waals surface area (Å²) >= 11 is 0. The third-order valence-electron chi connectivity index (χ3n) is 3.88. The zero-order valence-electron chi connectivity index (χ0n) is 14.9. The highest BCUT2D eigenvalue weighted by molar-refractivity contribution is 5.90. The number of nitrogens with one attached hydrogen (secondary N) is 3. The summed E-state index contributed by atoms with van der Waals surface area (Å²) < 4.78 is 0. The molecule has 0 aromatic heterocycles. The minimum absolute atomic E-state index is 0.0383. The van der Waals surface area contributed by atoms with E-state index in [0.717, 1.165) is 0 Å². The molecule has 1 fully saturated rings. The second-order valence-corrected chi connectivity index (χ2v) is 6.59. The van der Waals surface area contributed by atoms with Gasteiger partial charge in [0.05, 0.1) is 0 Å². The number of nitrogens with two attached hydrogens (primary N) is 1. The first-order valence-electron chi connectivity index (χ1n) is 8.22. The molecular weight excluding hydrogens is 310 g/mol. The number of primary amides is 1. The Kier molecular flexibility index (Phi) is 7.21. The SMILES string of the molecule is C=C(C)NC(C(=O)NC(C)C(=O)N1CCCC(C(N)=O)N1)C(C)C. The average Bonchev–Trinajstić information content (AvgIpc) is 2.51. The number of hydrogen-bond acceptors (Lipinski definition) is 5. The molecule has 0 aromatic rings. The predicted molar refractivity (Wildman–Crippen MR) is 91.2 cm³/mol. The Labute approximate surface area is 143 Å². The lowest BCUT2D eigenvalue weighted by Gasteiger charge is -2.34. The number of carbonyl (C=O) groups is 3. The zero-order valence-corrected chi connectivity index (χ0v) is 14.9. The molecule has 8 nitrogen and oxygen atoms in total. The fraction of sp³-hybridized carbons (Fsp3) is 0.688. The van der Waals surface area contributed by atoms with Gasteiger partial charge in [-0.15, -0.1) is 0 Å². The van der Waals surface area contributed by atoms with Gasteiger partial charge in [0.25, 0.3) is 5.91 Å². The first-order chi connectivity index (χ1) is 11.1. The van der Waals surface area contributed by atoms with Crippen LogP contribution < -0.4 is 21.8 Å². The van der Waals surface area contributed by atoms with Crippen LogP contribution in [0, 0.1) is 5.92 Å². The third kappa shape index (κ3) is 5.52. The topological polar surface area (TPSA) is 117 Å². The summed E-state index contributed by atoms with van der Waals surface area (Å²) in [6.07, 6.45) is 1.27. The van der Waals surface area contributed by atoms with Gasteiger partial charge in [-0.3, -0.25) is 19.4 Å². The molecule has 0 bridgehead atoms. The Morgan fingerprint density at radius 3 is 2.38 bits per heavy atom. The van der Waals surface area contributed by atoms with E-state index >= 15 is 0 Å². The van der Waals surface area contributed by atoms with Gasteiger partial charge in [-0.2, -0.15) is 0 Å². The monoisotopic (exact) mass is 339 g/mol. The second kappa shape index (κ2) is 8.68. The third-order valence-corrected chi connectivity index (χ3v) is 3.88. The smallest absolute Gasteiger partial charge is 0.258 e.